The number of benzene rings is 3. The van der Waals surface area contributed by atoms with Gasteiger partial charge in [-0.3, -0.25) is 0 Å². The Balaban J connectivity index is 1.91. The van der Waals surface area contributed by atoms with Crippen LogP contribution in [0.5, 0.6) is 11.5 Å². The largest absolute Gasteiger partial charge is 0.508 e. The third-order valence-electron chi connectivity index (χ3n) is 4.41. The van der Waals surface area contributed by atoms with Crippen LogP contribution in [0.3, 0.4) is 0 Å². The molecule has 154 valence electrons. The third-order valence-corrected chi connectivity index (χ3v) is 9.21. The van der Waals surface area contributed by atoms with Crippen molar-refractivity contribution in [2.75, 3.05) is 14.1 Å². The quantitative estimate of drug-likeness (QED) is 0.332. The minimum absolute atomic E-state index is 0.207. The lowest BCUT2D eigenvalue weighted by molar-refractivity contribution is 0.474. The molecule has 0 amide bonds. The summed E-state index contributed by atoms with van der Waals surface area (Å²) in [6.45, 7) is 0. The highest BCUT2D eigenvalue weighted by molar-refractivity contribution is 8.15. The first kappa shape index (κ1) is 21.6. The molecule has 2 N–H and O–H groups in total. The molecule has 3 rings (SSSR count). The number of rotatable bonds is 7. The first-order chi connectivity index (χ1) is 14.4. The van der Waals surface area contributed by atoms with E-state index in [0.29, 0.717) is 0 Å². The summed E-state index contributed by atoms with van der Waals surface area (Å²) >= 11 is 6.14. The average Bonchev–Trinajstić information content (AvgIpc) is 2.78. The van der Waals surface area contributed by atoms with Gasteiger partial charge in [0.2, 0.25) is 0 Å². The molecule has 3 aromatic carbocycles. The van der Waals surface area contributed by atoms with Crippen molar-refractivity contribution in [2.24, 2.45) is 10.2 Å². The van der Waals surface area contributed by atoms with Gasteiger partial charge >= 0.3 is 0 Å². The van der Waals surface area contributed by atoms with E-state index in [0.717, 1.165) is 16.4 Å². The zero-order chi connectivity index (χ0) is 21.6. The van der Waals surface area contributed by atoms with E-state index in [1.165, 1.54) is 0 Å². The molecule has 0 spiro atoms. The molecule has 1 atom stereocenters. The number of hydrazone groups is 2. The Labute approximate surface area is 181 Å². The van der Waals surface area contributed by atoms with Crippen molar-refractivity contribution in [1.82, 2.24) is 9.56 Å². The van der Waals surface area contributed by atoms with E-state index >= 15 is 0 Å². The van der Waals surface area contributed by atoms with Gasteiger partial charge in [0, 0.05) is 19.4 Å². The SMILES string of the molecule is CN(/N=C\c1ccc(O)cc1)P(=S)(c1ccccc1)N(C)/N=C/c1ccc(O)cc1. The van der Waals surface area contributed by atoms with Crippen LogP contribution in [0.1, 0.15) is 11.1 Å². The molecule has 0 aromatic heterocycles. The molecule has 0 heterocycles. The van der Waals surface area contributed by atoms with Gasteiger partial charge in [-0.25, -0.2) is 9.56 Å². The second kappa shape index (κ2) is 9.57. The molecule has 0 fully saturated rings. The highest BCUT2D eigenvalue weighted by atomic mass is 32.4. The normalized spacial score (nSPS) is 13.4. The lowest BCUT2D eigenvalue weighted by Crippen LogP contribution is -2.27. The lowest BCUT2D eigenvalue weighted by atomic mass is 10.2. The highest BCUT2D eigenvalue weighted by Crippen LogP contribution is 2.51. The smallest absolute Gasteiger partial charge is 0.183 e. The van der Waals surface area contributed by atoms with Crippen LogP contribution in [0.2, 0.25) is 0 Å². The molecule has 1 unspecified atom stereocenters. The van der Waals surface area contributed by atoms with Crippen LogP contribution in [0.15, 0.2) is 89.1 Å². The number of aromatic hydroxyl groups is 2. The summed E-state index contributed by atoms with van der Waals surface area (Å²) < 4.78 is 3.55. The summed E-state index contributed by atoms with van der Waals surface area (Å²) in [5.41, 5.74) is 1.70. The van der Waals surface area contributed by atoms with E-state index in [2.05, 4.69) is 10.2 Å². The minimum atomic E-state index is -2.54. The Morgan fingerprint density at radius 2 is 1.10 bits per heavy atom. The number of phenolic OH excluding ortho intramolecular Hbond substituents is 2. The van der Waals surface area contributed by atoms with Gasteiger partial charge < -0.3 is 10.2 Å². The molecule has 0 saturated carbocycles. The van der Waals surface area contributed by atoms with Crippen molar-refractivity contribution in [3.8, 4) is 11.5 Å². The molecular weight excluding hydrogens is 415 g/mol. The van der Waals surface area contributed by atoms with Gasteiger partial charge in [0.15, 0.2) is 6.34 Å². The second-order valence-corrected chi connectivity index (χ2v) is 10.8. The standard InChI is InChI=1S/C22H23N4O2PS/c1-25(23-16-18-8-12-20(27)13-9-18)29(30,22-6-4-3-5-7-22)26(2)24-17-19-10-14-21(28)15-11-19/h3-17,27-28H,1-2H3/b23-16-,24-17+. The van der Waals surface area contributed by atoms with Crippen LogP contribution >= 0.6 is 6.34 Å². The monoisotopic (exact) mass is 438 g/mol. The van der Waals surface area contributed by atoms with Crippen molar-refractivity contribution < 1.29 is 10.2 Å². The fraction of sp³-hybridized carbons (Fsp3) is 0.0909. The molecule has 0 aliphatic rings. The van der Waals surface area contributed by atoms with Gasteiger partial charge in [-0.1, -0.05) is 30.3 Å². The zero-order valence-electron chi connectivity index (χ0n) is 16.7. The van der Waals surface area contributed by atoms with Crippen molar-refractivity contribution in [2.45, 2.75) is 0 Å². The van der Waals surface area contributed by atoms with E-state index in [9.17, 15) is 10.2 Å². The summed E-state index contributed by atoms with van der Waals surface area (Å²) in [6.07, 6.45) is 0.877. The molecule has 30 heavy (non-hydrogen) atoms. The molecule has 0 bridgehead atoms. The van der Waals surface area contributed by atoms with Crippen LogP contribution in [0.4, 0.5) is 0 Å². The van der Waals surface area contributed by atoms with E-state index < -0.39 is 6.34 Å². The third kappa shape index (κ3) is 5.06. The first-order valence-electron chi connectivity index (χ1n) is 9.19. The molecular formula is C22H23N4O2PS. The van der Waals surface area contributed by atoms with E-state index in [4.69, 9.17) is 11.8 Å². The summed E-state index contributed by atoms with van der Waals surface area (Å²) in [5.74, 6) is 0.413. The second-order valence-electron chi connectivity index (χ2n) is 6.53. The van der Waals surface area contributed by atoms with Crippen molar-refractivity contribution in [1.29, 1.82) is 0 Å². The lowest BCUT2D eigenvalue weighted by Gasteiger charge is -2.35. The van der Waals surface area contributed by atoms with E-state index in [1.807, 2.05) is 44.4 Å². The number of hydrogen-bond donors (Lipinski definition) is 2. The number of nitrogens with zero attached hydrogens (tertiary/aromatic N) is 4. The first-order valence-corrected chi connectivity index (χ1v) is 11.9. The summed E-state index contributed by atoms with van der Waals surface area (Å²) in [5, 5.41) is 29.0. The van der Waals surface area contributed by atoms with Gasteiger partial charge in [-0.2, -0.15) is 10.2 Å². The zero-order valence-corrected chi connectivity index (χ0v) is 18.4. The summed E-state index contributed by atoms with van der Waals surface area (Å²) in [6, 6.07) is 23.4. The van der Waals surface area contributed by atoms with Gasteiger partial charge in [-0.15, -0.1) is 0 Å². The fourth-order valence-corrected chi connectivity index (χ4v) is 5.31. The summed E-state index contributed by atoms with van der Waals surface area (Å²) in [7, 11) is 3.69. The predicted octanol–water partition coefficient (Wildman–Crippen LogP) is 3.96. The van der Waals surface area contributed by atoms with Crippen LogP contribution in [-0.4, -0.2) is 46.3 Å². The molecule has 3 aromatic rings. The number of hydrogen-bond acceptors (Lipinski definition) is 5. The van der Waals surface area contributed by atoms with Crippen LogP contribution < -0.4 is 5.30 Å². The maximum atomic E-state index is 9.45. The van der Waals surface area contributed by atoms with Crippen LogP contribution in [-0.2, 0) is 11.8 Å². The minimum Gasteiger partial charge on any atom is -0.508 e. The van der Waals surface area contributed by atoms with Gasteiger partial charge in [0.1, 0.15) is 11.5 Å². The molecule has 0 radical (unpaired) electrons. The molecule has 0 aliphatic heterocycles. The molecule has 6 nitrogen and oxygen atoms in total. The summed E-state index contributed by atoms with van der Waals surface area (Å²) in [4.78, 5) is 0. The maximum Gasteiger partial charge on any atom is 0.183 e. The van der Waals surface area contributed by atoms with Gasteiger partial charge in [0.05, 0.1) is 12.4 Å². The Hall–Kier alpha value is -3.15. The molecule has 0 aliphatic carbocycles. The van der Waals surface area contributed by atoms with Crippen molar-refractivity contribution in [3.05, 3.63) is 90.0 Å². The molecule has 8 heteroatoms. The fourth-order valence-electron chi connectivity index (χ4n) is 2.70. The van der Waals surface area contributed by atoms with E-state index in [-0.39, 0.29) is 11.5 Å². The Bertz CT molecular complexity index is 1010. The predicted molar refractivity (Wildman–Crippen MR) is 127 cm³/mol. The Kier molecular flexibility index (Phi) is 6.87. The number of phenols is 2. The van der Waals surface area contributed by atoms with Crippen LogP contribution in [0, 0.1) is 0 Å². The topological polar surface area (TPSA) is 71.7 Å². The Morgan fingerprint density at radius 1 is 0.700 bits per heavy atom. The van der Waals surface area contributed by atoms with Crippen molar-refractivity contribution in [3.63, 3.8) is 0 Å². The van der Waals surface area contributed by atoms with Gasteiger partial charge in [0.25, 0.3) is 0 Å². The highest BCUT2D eigenvalue weighted by Gasteiger charge is 2.29. The Morgan fingerprint density at radius 3 is 1.50 bits per heavy atom. The average molecular weight is 438 g/mol. The van der Waals surface area contributed by atoms with Crippen LogP contribution in [0.25, 0.3) is 0 Å². The van der Waals surface area contributed by atoms with Gasteiger partial charge in [-0.05, 0) is 71.5 Å². The maximum absolute atomic E-state index is 9.45. The van der Waals surface area contributed by atoms with Crippen molar-refractivity contribution >= 4 is 35.9 Å². The molecule has 0 saturated heterocycles. The van der Waals surface area contributed by atoms with E-state index in [1.54, 1.807) is 70.5 Å².